The molecule has 17 heavy (non-hydrogen) atoms. The van der Waals surface area contributed by atoms with Crippen LogP contribution in [-0.4, -0.2) is 44.1 Å². The van der Waals surface area contributed by atoms with Crippen molar-refractivity contribution in [2.24, 2.45) is 0 Å². The third kappa shape index (κ3) is 2.78. The molecule has 2 heterocycles. The van der Waals surface area contributed by atoms with Gasteiger partial charge in [0.2, 0.25) is 0 Å². The number of nitrogens with zero attached hydrogens (tertiary/aromatic N) is 2. The van der Waals surface area contributed by atoms with E-state index in [0.29, 0.717) is 8.94 Å². The van der Waals surface area contributed by atoms with Crippen LogP contribution in [-0.2, 0) is 37.6 Å². The molecule has 2 rings (SSSR count). The number of hydrogen-bond donors (Lipinski definition) is 0. The minimum atomic E-state index is -4.25. The maximum Gasteiger partial charge on any atom is 0.346 e. The maximum atomic E-state index is 11.8. The lowest BCUT2D eigenvalue weighted by Gasteiger charge is -2.17. The van der Waals surface area contributed by atoms with Gasteiger partial charge in [-0.3, -0.25) is 18.2 Å². The van der Waals surface area contributed by atoms with E-state index in [1.807, 2.05) is 0 Å². The van der Waals surface area contributed by atoms with Crippen LogP contribution in [0.25, 0.3) is 0 Å². The fourth-order valence-electron chi connectivity index (χ4n) is 1.05. The molecule has 2 atom stereocenters. The van der Waals surface area contributed by atoms with E-state index in [4.69, 9.17) is 0 Å². The Morgan fingerprint density at radius 1 is 0.941 bits per heavy atom. The summed E-state index contributed by atoms with van der Waals surface area (Å²) >= 11 is 0. The summed E-state index contributed by atoms with van der Waals surface area (Å²) in [5.41, 5.74) is 0. The fourth-order valence-corrected chi connectivity index (χ4v) is 4.66. The second-order valence-electron chi connectivity index (χ2n) is 3.34. The topological polar surface area (TPSA) is 112 Å². The quantitative estimate of drug-likeness (QED) is 0.670. The van der Waals surface area contributed by atoms with E-state index < -0.39 is 38.9 Å². The second-order valence-corrected chi connectivity index (χ2v) is 8.97. The van der Waals surface area contributed by atoms with E-state index >= 15 is 0 Å². The summed E-state index contributed by atoms with van der Waals surface area (Å²) in [6, 6.07) is 0. The molecule has 0 aromatic rings. The molecule has 2 fully saturated rings. The van der Waals surface area contributed by atoms with Crippen LogP contribution in [0.2, 0.25) is 0 Å². The molecule has 13 heteroatoms. The standard InChI is InChI=1S/C4H10N2O8P2S/c1-15(7)11-3-5(13-15)17(9,10)6-4-12-16(2,8)14-6/h3-4H2,1-2H3. The van der Waals surface area contributed by atoms with Crippen molar-refractivity contribution >= 4 is 25.4 Å². The first kappa shape index (κ1) is 13.6. The highest BCUT2D eigenvalue weighted by molar-refractivity contribution is 7.87. The molecule has 2 aliphatic rings. The predicted octanol–water partition coefficient (Wildman–Crippen LogP) is 0.320. The average Bonchev–Trinajstić information content (AvgIpc) is 2.69. The van der Waals surface area contributed by atoms with Gasteiger partial charge in [-0.15, -0.1) is 0 Å². The van der Waals surface area contributed by atoms with Crippen LogP contribution in [0, 0.1) is 0 Å². The summed E-state index contributed by atoms with van der Waals surface area (Å²) in [6.45, 7) is 1.16. The number of hydroxylamine groups is 2. The van der Waals surface area contributed by atoms with Gasteiger partial charge < -0.3 is 0 Å². The van der Waals surface area contributed by atoms with E-state index in [9.17, 15) is 17.5 Å². The van der Waals surface area contributed by atoms with Crippen LogP contribution in [0.4, 0.5) is 0 Å². The molecule has 0 aromatic carbocycles. The Labute approximate surface area is 97.5 Å². The molecule has 0 saturated carbocycles. The smallest absolute Gasteiger partial charge is 0.288 e. The molecule has 2 unspecified atom stereocenters. The molecule has 2 saturated heterocycles. The highest BCUT2D eigenvalue weighted by atomic mass is 32.2. The Kier molecular flexibility index (Phi) is 3.27. The number of hydrogen-bond acceptors (Lipinski definition) is 8. The van der Waals surface area contributed by atoms with Crippen molar-refractivity contribution in [2.45, 2.75) is 0 Å². The van der Waals surface area contributed by atoms with Gasteiger partial charge in [0.1, 0.15) is 13.5 Å². The van der Waals surface area contributed by atoms with Crippen LogP contribution in [0.3, 0.4) is 0 Å². The molecule has 0 radical (unpaired) electrons. The molecule has 0 spiro atoms. The lowest BCUT2D eigenvalue weighted by atomic mass is 11.4. The Bertz CT molecular complexity index is 478. The molecule has 100 valence electrons. The van der Waals surface area contributed by atoms with Gasteiger partial charge in [-0.2, -0.15) is 17.7 Å². The molecular formula is C4H10N2O8P2S. The zero-order valence-corrected chi connectivity index (χ0v) is 11.5. The molecule has 0 aromatic heterocycles. The summed E-state index contributed by atoms with van der Waals surface area (Å²) in [6.07, 6.45) is 0. The van der Waals surface area contributed by atoms with Gasteiger partial charge in [-0.05, 0) is 8.94 Å². The van der Waals surface area contributed by atoms with Crippen molar-refractivity contribution in [2.75, 3.05) is 26.8 Å². The summed E-state index contributed by atoms with van der Waals surface area (Å²) in [7, 11) is -11.1. The highest BCUT2D eigenvalue weighted by Crippen LogP contribution is 2.53. The Morgan fingerprint density at radius 3 is 1.53 bits per heavy atom. The molecule has 0 N–H and O–H groups in total. The third-order valence-electron chi connectivity index (χ3n) is 1.79. The first-order valence-corrected chi connectivity index (χ1v) is 9.64. The minimum absolute atomic E-state index is 0.350. The van der Waals surface area contributed by atoms with Gasteiger partial charge in [0.25, 0.3) is 0 Å². The maximum absolute atomic E-state index is 11.8. The van der Waals surface area contributed by atoms with Gasteiger partial charge >= 0.3 is 25.4 Å². The van der Waals surface area contributed by atoms with E-state index in [0.717, 1.165) is 13.3 Å². The van der Waals surface area contributed by atoms with Crippen LogP contribution in [0.5, 0.6) is 0 Å². The Balaban J connectivity index is 2.16. The van der Waals surface area contributed by atoms with Crippen LogP contribution in [0.1, 0.15) is 0 Å². The predicted molar refractivity (Wildman–Crippen MR) is 53.7 cm³/mol. The summed E-state index contributed by atoms with van der Waals surface area (Å²) in [5.74, 6) is 0. The highest BCUT2D eigenvalue weighted by Gasteiger charge is 2.47. The van der Waals surface area contributed by atoms with E-state index in [2.05, 4.69) is 18.3 Å². The van der Waals surface area contributed by atoms with E-state index in [1.54, 1.807) is 0 Å². The van der Waals surface area contributed by atoms with Crippen molar-refractivity contribution in [3.05, 3.63) is 0 Å². The molecule has 0 bridgehead atoms. The molecule has 2 aliphatic heterocycles. The van der Waals surface area contributed by atoms with Crippen molar-refractivity contribution in [3.8, 4) is 0 Å². The summed E-state index contributed by atoms with van der Waals surface area (Å²) in [4.78, 5) is 0. The van der Waals surface area contributed by atoms with Crippen LogP contribution < -0.4 is 0 Å². The average molecular weight is 308 g/mol. The Hall–Kier alpha value is 0.170. The van der Waals surface area contributed by atoms with Gasteiger partial charge in [0, 0.05) is 13.3 Å². The Morgan fingerprint density at radius 2 is 1.29 bits per heavy atom. The van der Waals surface area contributed by atoms with Gasteiger partial charge in [0.05, 0.1) is 0 Å². The summed E-state index contributed by atoms with van der Waals surface area (Å²) in [5, 5.41) is 0. The van der Waals surface area contributed by atoms with Crippen LogP contribution >= 0.6 is 15.2 Å². The monoisotopic (exact) mass is 308 g/mol. The lowest BCUT2D eigenvalue weighted by Crippen LogP contribution is -2.39. The van der Waals surface area contributed by atoms with Gasteiger partial charge in [-0.25, -0.2) is 0 Å². The van der Waals surface area contributed by atoms with Crippen molar-refractivity contribution in [1.82, 2.24) is 8.94 Å². The molecule has 0 amide bonds. The van der Waals surface area contributed by atoms with Crippen molar-refractivity contribution in [3.63, 3.8) is 0 Å². The summed E-state index contributed by atoms with van der Waals surface area (Å²) < 4.78 is 65.4. The third-order valence-corrected chi connectivity index (χ3v) is 5.56. The van der Waals surface area contributed by atoms with Crippen LogP contribution in [0.15, 0.2) is 0 Å². The minimum Gasteiger partial charge on any atom is -0.288 e. The van der Waals surface area contributed by atoms with Crippen molar-refractivity contribution < 1.29 is 35.8 Å². The number of rotatable bonds is 2. The molecule has 10 nitrogen and oxygen atoms in total. The molecule has 0 aliphatic carbocycles. The SMILES string of the molecule is CP1(=O)OCN(S(=O)(=O)N2COP(C)(=O)O2)O1. The normalized spacial score (nSPS) is 41.1. The lowest BCUT2D eigenvalue weighted by molar-refractivity contribution is -0.00216. The fraction of sp³-hybridized carbons (Fsp3) is 1.00. The van der Waals surface area contributed by atoms with E-state index in [-0.39, 0.29) is 0 Å². The second kappa shape index (κ2) is 4.09. The van der Waals surface area contributed by atoms with Crippen molar-refractivity contribution in [1.29, 1.82) is 0 Å². The van der Waals surface area contributed by atoms with E-state index in [1.165, 1.54) is 0 Å². The van der Waals surface area contributed by atoms with Gasteiger partial charge in [0.15, 0.2) is 0 Å². The first-order chi connectivity index (χ1) is 7.62. The van der Waals surface area contributed by atoms with Gasteiger partial charge in [-0.1, -0.05) is 0 Å². The zero-order chi connectivity index (χ0) is 12.9. The first-order valence-electron chi connectivity index (χ1n) is 4.26. The molecular weight excluding hydrogens is 298 g/mol. The largest absolute Gasteiger partial charge is 0.346 e. The zero-order valence-electron chi connectivity index (χ0n) is 8.88.